The predicted molar refractivity (Wildman–Crippen MR) is 110 cm³/mol. The fourth-order valence-electron chi connectivity index (χ4n) is 3.90. The summed E-state index contributed by atoms with van der Waals surface area (Å²) in [5.41, 5.74) is 3.40. The second-order valence-electron chi connectivity index (χ2n) is 7.17. The van der Waals surface area contributed by atoms with Gasteiger partial charge in [0.15, 0.2) is 0 Å². The number of nitrogens with one attached hydrogen (secondary N) is 1. The van der Waals surface area contributed by atoms with Crippen LogP contribution in [0.25, 0.3) is 21.6 Å². The van der Waals surface area contributed by atoms with E-state index in [1.165, 1.54) is 16.1 Å². The van der Waals surface area contributed by atoms with E-state index in [-0.39, 0.29) is 5.56 Å². The Hall–Kier alpha value is -2.14. The van der Waals surface area contributed by atoms with Gasteiger partial charge in [0.05, 0.1) is 5.39 Å². The van der Waals surface area contributed by atoms with Gasteiger partial charge < -0.3 is 9.88 Å². The zero-order chi connectivity index (χ0) is 18.3. The first-order chi connectivity index (χ1) is 12.6. The Kier molecular flexibility index (Phi) is 4.57. The van der Waals surface area contributed by atoms with Gasteiger partial charge in [0.25, 0.3) is 5.56 Å². The van der Waals surface area contributed by atoms with Crippen LogP contribution >= 0.6 is 11.3 Å². The van der Waals surface area contributed by atoms with Gasteiger partial charge in [0.2, 0.25) is 0 Å². The third-order valence-corrected chi connectivity index (χ3v) is 6.58. The monoisotopic (exact) mass is 367 g/mol. The lowest BCUT2D eigenvalue weighted by atomic mass is 9.89. The molecular weight excluding hydrogens is 342 g/mol. The average Bonchev–Trinajstić information content (AvgIpc) is 3.01. The summed E-state index contributed by atoms with van der Waals surface area (Å²) in [6.07, 6.45) is 3.23. The van der Waals surface area contributed by atoms with Crippen LogP contribution < -0.4 is 10.5 Å². The predicted octanol–water partition coefficient (Wildman–Crippen LogP) is 4.62. The van der Waals surface area contributed by atoms with Gasteiger partial charge in [-0.1, -0.05) is 6.92 Å². The highest BCUT2D eigenvalue weighted by molar-refractivity contribution is 7.18. The van der Waals surface area contributed by atoms with Crippen molar-refractivity contribution in [3.63, 3.8) is 0 Å². The minimum absolute atomic E-state index is 0.00451. The van der Waals surface area contributed by atoms with Gasteiger partial charge in [-0.15, -0.1) is 11.3 Å². The summed E-state index contributed by atoms with van der Waals surface area (Å²) in [5.74, 6) is 1.36. The van der Waals surface area contributed by atoms with Gasteiger partial charge in [-0.2, -0.15) is 0 Å². The van der Waals surface area contributed by atoms with Crippen LogP contribution in [0.5, 0.6) is 0 Å². The molecule has 0 saturated carbocycles. The summed E-state index contributed by atoms with van der Waals surface area (Å²) >= 11 is 1.70. The Balaban J connectivity index is 1.75. The fraction of sp³-hybridized carbons (Fsp3) is 0.429. The van der Waals surface area contributed by atoms with Crippen LogP contribution in [0.4, 0.5) is 5.69 Å². The van der Waals surface area contributed by atoms with Crippen LogP contribution in [0.3, 0.4) is 0 Å². The van der Waals surface area contributed by atoms with Crippen molar-refractivity contribution in [1.82, 2.24) is 9.97 Å². The lowest BCUT2D eigenvalue weighted by Gasteiger charge is -2.21. The number of aromatic amines is 1. The second kappa shape index (κ2) is 6.88. The molecule has 136 valence electrons. The molecule has 0 spiro atoms. The maximum Gasteiger partial charge on any atom is 0.260 e. The summed E-state index contributed by atoms with van der Waals surface area (Å²) in [6, 6.07) is 8.31. The molecule has 2 aromatic heterocycles. The molecular formula is C21H25N3OS. The minimum atomic E-state index is 0.00451. The van der Waals surface area contributed by atoms with Gasteiger partial charge in [0, 0.05) is 29.2 Å². The number of rotatable bonds is 4. The number of thiophene rings is 1. The van der Waals surface area contributed by atoms with E-state index in [9.17, 15) is 4.79 Å². The molecule has 0 bridgehead atoms. The largest absolute Gasteiger partial charge is 0.372 e. The van der Waals surface area contributed by atoms with Crippen molar-refractivity contribution in [3.05, 3.63) is 45.1 Å². The zero-order valence-corrected chi connectivity index (χ0v) is 16.4. The number of hydrogen-bond acceptors (Lipinski definition) is 4. The molecule has 0 fully saturated rings. The molecule has 1 aromatic carbocycles. The molecule has 26 heavy (non-hydrogen) atoms. The molecule has 3 aromatic rings. The SMILES string of the molecule is CCN(CC)c1ccc(-c2nc3sc4c(c3c(=O)[nH]2)CC[C@@H](C)C4)cc1. The maximum atomic E-state index is 12.8. The number of H-pyrrole nitrogens is 1. The molecule has 4 nitrogen and oxygen atoms in total. The Morgan fingerprint density at radius 3 is 2.65 bits per heavy atom. The molecule has 0 aliphatic heterocycles. The number of nitrogens with zero attached hydrogens (tertiary/aromatic N) is 2. The van der Waals surface area contributed by atoms with E-state index >= 15 is 0 Å². The zero-order valence-electron chi connectivity index (χ0n) is 15.6. The third-order valence-electron chi connectivity index (χ3n) is 5.43. The van der Waals surface area contributed by atoms with Crippen LogP contribution in [0.2, 0.25) is 0 Å². The highest BCUT2D eigenvalue weighted by Crippen LogP contribution is 2.36. The topological polar surface area (TPSA) is 49.0 Å². The highest BCUT2D eigenvalue weighted by Gasteiger charge is 2.23. The number of benzene rings is 1. The van der Waals surface area contributed by atoms with Gasteiger partial charge >= 0.3 is 0 Å². The Morgan fingerprint density at radius 1 is 1.23 bits per heavy atom. The Morgan fingerprint density at radius 2 is 1.96 bits per heavy atom. The number of aromatic nitrogens is 2. The number of fused-ring (bicyclic) bond motifs is 3. The van der Waals surface area contributed by atoms with Crippen molar-refractivity contribution >= 4 is 27.2 Å². The molecule has 1 aliphatic rings. The Labute approximate surface area is 157 Å². The molecule has 2 heterocycles. The van der Waals surface area contributed by atoms with E-state index < -0.39 is 0 Å². The van der Waals surface area contributed by atoms with E-state index in [4.69, 9.17) is 4.98 Å². The van der Waals surface area contributed by atoms with Crippen molar-refractivity contribution < 1.29 is 0 Å². The number of aryl methyl sites for hydroxylation is 1. The van der Waals surface area contributed by atoms with Gasteiger partial charge in [0.1, 0.15) is 10.7 Å². The molecule has 0 radical (unpaired) electrons. The van der Waals surface area contributed by atoms with Gasteiger partial charge in [-0.25, -0.2) is 4.98 Å². The molecule has 1 aliphatic carbocycles. The lowest BCUT2D eigenvalue weighted by molar-refractivity contribution is 0.509. The molecule has 0 unspecified atom stereocenters. The van der Waals surface area contributed by atoms with Crippen LogP contribution in [-0.4, -0.2) is 23.1 Å². The summed E-state index contributed by atoms with van der Waals surface area (Å²) in [6.45, 7) is 8.56. The van der Waals surface area contributed by atoms with E-state index in [0.29, 0.717) is 11.7 Å². The van der Waals surface area contributed by atoms with Crippen molar-refractivity contribution in [1.29, 1.82) is 0 Å². The maximum absolute atomic E-state index is 12.8. The number of anilines is 1. The fourth-order valence-corrected chi connectivity index (χ4v) is 5.29. The van der Waals surface area contributed by atoms with Gasteiger partial charge in [-0.3, -0.25) is 4.79 Å². The highest BCUT2D eigenvalue weighted by atomic mass is 32.1. The first-order valence-electron chi connectivity index (χ1n) is 9.50. The van der Waals surface area contributed by atoms with Crippen LogP contribution in [-0.2, 0) is 12.8 Å². The first kappa shape index (κ1) is 17.3. The average molecular weight is 368 g/mol. The Bertz CT molecular complexity index is 983. The minimum Gasteiger partial charge on any atom is -0.372 e. The molecule has 0 saturated heterocycles. The molecule has 0 amide bonds. The molecule has 1 atom stereocenters. The van der Waals surface area contributed by atoms with Crippen LogP contribution in [0.15, 0.2) is 29.1 Å². The standard InChI is InChI=1S/C21H25N3OS/c1-4-24(5-2)15-9-7-14(8-10-15)19-22-20(25)18-16-11-6-13(3)12-17(16)26-21(18)23-19/h7-10,13H,4-6,11-12H2,1-3H3,(H,22,23,25)/t13-/m1/s1. The van der Waals surface area contributed by atoms with E-state index in [2.05, 4.69) is 42.8 Å². The van der Waals surface area contributed by atoms with Crippen molar-refractivity contribution in [2.24, 2.45) is 5.92 Å². The van der Waals surface area contributed by atoms with E-state index in [0.717, 1.165) is 48.1 Å². The van der Waals surface area contributed by atoms with Crippen LogP contribution in [0, 0.1) is 5.92 Å². The molecule has 4 rings (SSSR count). The van der Waals surface area contributed by atoms with E-state index in [1.807, 2.05) is 12.1 Å². The van der Waals surface area contributed by atoms with Gasteiger partial charge in [-0.05, 0) is 68.9 Å². The summed E-state index contributed by atoms with van der Waals surface area (Å²) in [5, 5.41) is 0.820. The number of hydrogen-bond donors (Lipinski definition) is 1. The van der Waals surface area contributed by atoms with Crippen molar-refractivity contribution in [2.45, 2.75) is 40.0 Å². The van der Waals surface area contributed by atoms with E-state index in [1.54, 1.807) is 11.3 Å². The molecule has 1 N–H and O–H groups in total. The lowest BCUT2D eigenvalue weighted by Crippen LogP contribution is -2.21. The summed E-state index contributed by atoms with van der Waals surface area (Å²) in [7, 11) is 0. The van der Waals surface area contributed by atoms with Crippen LogP contribution in [0.1, 0.15) is 37.6 Å². The second-order valence-corrected chi connectivity index (χ2v) is 8.25. The smallest absolute Gasteiger partial charge is 0.260 e. The van der Waals surface area contributed by atoms with Crippen molar-refractivity contribution in [3.8, 4) is 11.4 Å². The molecule has 5 heteroatoms. The van der Waals surface area contributed by atoms with Crippen molar-refractivity contribution in [2.75, 3.05) is 18.0 Å². The summed E-state index contributed by atoms with van der Waals surface area (Å²) < 4.78 is 0. The quantitative estimate of drug-likeness (QED) is 0.732. The third kappa shape index (κ3) is 2.94. The first-order valence-corrected chi connectivity index (χ1v) is 10.3. The summed E-state index contributed by atoms with van der Waals surface area (Å²) in [4.78, 5) is 25.1. The normalized spacial score (nSPS) is 16.7.